The number of methoxy groups -OCH3 is 1. The fourth-order valence-corrected chi connectivity index (χ4v) is 3.89. The van der Waals surface area contributed by atoms with Crippen LogP contribution in [0.3, 0.4) is 0 Å². The van der Waals surface area contributed by atoms with Crippen molar-refractivity contribution in [3.8, 4) is 0 Å². The zero-order valence-electron chi connectivity index (χ0n) is 15.9. The molecule has 4 nitrogen and oxygen atoms in total. The van der Waals surface area contributed by atoms with E-state index in [1.807, 2.05) is 0 Å². The van der Waals surface area contributed by atoms with E-state index in [4.69, 9.17) is 4.74 Å². The molecule has 3 aromatic heterocycles. The number of nitrogens with one attached hydrogen (secondary N) is 1. The fraction of sp³-hybridized carbons (Fsp3) is 0.174. The van der Waals surface area contributed by atoms with Crippen LogP contribution in [-0.2, 0) is 4.74 Å². The molecule has 0 bridgehead atoms. The summed E-state index contributed by atoms with van der Waals surface area (Å²) in [5.74, 6) is 0. The number of benzene rings is 2. The highest BCUT2D eigenvalue weighted by Crippen LogP contribution is 2.24. The summed E-state index contributed by atoms with van der Waals surface area (Å²) in [6.07, 6.45) is 2.22. The number of aryl methyl sites for hydroxylation is 1. The van der Waals surface area contributed by atoms with Crippen LogP contribution in [0.5, 0.6) is 0 Å². The third-order valence-electron chi connectivity index (χ3n) is 5.19. The molecule has 0 aliphatic carbocycles. The number of imidazole rings is 1. The van der Waals surface area contributed by atoms with Gasteiger partial charge in [0.25, 0.3) is 5.65 Å². The number of halogens is 1. The standard InChI is InChI=1S/C23H22N3O.HI/c1-16-3-8-21-17(13-16)5-10-23-25(21)15-20-7-4-18-14-19(24-11-12-27-2)6-9-22(18)26(20)23;/h3-10,13-15,24H,11-12H2,1-2H3;1H/q+1;/p-1. The lowest BCUT2D eigenvalue weighted by atomic mass is 10.1. The summed E-state index contributed by atoms with van der Waals surface area (Å²) in [5.41, 5.74) is 7.20. The Labute approximate surface area is 180 Å². The first-order valence-electron chi connectivity index (χ1n) is 9.26. The van der Waals surface area contributed by atoms with Crippen LogP contribution in [0.1, 0.15) is 5.56 Å². The number of pyridine rings is 2. The zero-order chi connectivity index (χ0) is 18.4. The quantitative estimate of drug-likeness (QED) is 0.238. The molecule has 0 saturated heterocycles. The van der Waals surface area contributed by atoms with Gasteiger partial charge in [0.15, 0.2) is 5.52 Å². The van der Waals surface area contributed by atoms with Gasteiger partial charge in [0, 0.05) is 36.2 Å². The van der Waals surface area contributed by atoms with E-state index in [9.17, 15) is 0 Å². The SMILES string of the molecule is COCCNc1ccc2c(ccc3c[n+]4c5ccc(C)cc5ccc4n32)c1.[I-]. The summed E-state index contributed by atoms with van der Waals surface area (Å²) in [6.45, 7) is 3.64. The first-order chi connectivity index (χ1) is 13.2. The van der Waals surface area contributed by atoms with Gasteiger partial charge in [-0.25, -0.2) is 0 Å². The van der Waals surface area contributed by atoms with E-state index >= 15 is 0 Å². The van der Waals surface area contributed by atoms with Crippen LogP contribution >= 0.6 is 0 Å². The van der Waals surface area contributed by atoms with Crippen molar-refractivity contribution >= 4 is 38.7 Å². The van der Waals surface area contributed by atoms with Gasteiger partial charge in [-0.05, 0) is 55.5 Å². The first-order valence-corrected chi connectivity index (χ1v) is 9.26. The van der Waals surface area contributed by atoms with Crippen LogP contribution in [0.2, 0.25) is 0 Å². The molecule has 142 valence electrons. The van der Waals surface area contributed by atoms with Crippen LogP contribution in [0.25, 0.3) is 33.0 Å². The van der Waals surface area contributed by atoms with Crippen LogP contribution in [0.15, 0.2) is 66.9 Å². The van der Waals surface area contributed by atoms with Gasteiger partial charge in [0.1, 0.15) is 17.2 Å². The van der Waals surface area contributed by atoms with E-state index in [-0.39, 0.29) is 24.0 Å². The Morgan fingerprint density at radius 1 is 0.964 bits per heavy atom. The monoisotopic (exact) mass is 483 g/mol. The number of hydrogen-bond donors (Lipinski definition) is 1. The van der Waals surface area contributed by atoms with Crippen molar-refractivity contribution < 1.29 is 33.1 Å². The minimum Gasteiger partial charge on any atom is -1.00 e. The van der Waals surface area contributed by atoms with Gasteiger partial charge < -0.3 is 34.0 Å². The summed E-state index contributed by atoms with van der Waals surface area (Å²) in [7, 11) is 1.72. The van der Waals surface area contributed by atoms with E-state index in [0.717, 1.165) is 12.2 Å². The maximum Gasteiger partial charge on any atom is 0.292 e. The Hall–Kier alpha value is -2.38. The highest BCUT2D eigenvalue weighted by Gasteiger charge is 2.16. The number of aromatic nitrogens is 2. The molecule has 2 aromatic carbocycles. The summed E-state index contributed by atoms with van der Waals surface area (Å²) in [4.78, 5) is 0. The molecule has 0 aliphatic heterocycles. The third-order valence-corrected chi connectivity index (χ3v) is 5.19. The number of ether oxygens (including phenoxy) is 1. The van der Waals surface area contributed by atoms with Gasteiger partial charge in [0.05, 0.1) is 6.61 Å². The average Bonchev–Trinajstić information content (AvgIpc) is 3.07. The van der Waals surface area contributed by atoms with Crippen LogP contribution in [-0.4, -0.2) is 24.7 Å². The van der Waals surface area contributed by atoms with E-state index in [1.165, 1.54) is 38.5 Å². The first kappa shape index (κ1) is 19.0. The minimum absolute atomic E-state index is 0. The maximum absolute atomic E-state index is 5.12. The third kappa shape index (κ3) is 3.08. The van der Waals surface area contributed by atoms with Crippen LogP contribution < -0.4 is 33.7 Å². The van der Waals surface area contributed by atoms with Gasteiger partial charge in [-0.3, -0.25) is 0 Å². The number of rotatable bonds is 4. The molecule has 0 saturated carbocycles. The second kappa shape index (κ2) is 7.56. The summed E-state index contributed by atoms with van der Waals surface area (Å²) in [5, 5.41) is 5.88. The summed E-state index contributed by atoms with van der Waals surface area (Å²) in [6, 6.07) is 21.9. The Balaban J connectivity index is 0.00000192. The lowest BCUT2D eigenvalue weighted by Crippen LogP contribution is -3.00. The predicted octanol–water partition coefficient (Wildman–Crippen LogP) is 1.36. The van der Waals surface area contributed by atoms with Crippen molar-refractivity contribution in [2.75, 3.05) is 25.6 Å². The van der Waals surface area contributed by atoms with E-state index in [2.05, 4.69) is 87.9 Å². The highest BCUT2D eigenvalue weighted by atomic mass is 127. The van der Waals surface area contributed by atoms with Crippen molar-refractivity contribution in [2.24, 2.45) is 0 Å². The predicted molar refractivity (Wildman–Crippen MR) is 111 cm³/mol. The Morgan fingerprint density at radius 3 is 2.68 bits per heavy atom. The van der Waals surface area contributed by atoms with Gasteiger partial charge >= 0.3 is 0 Å². The molecule has 0 spiro atoms. The molecule has 1 N–H and O–H groups in total. The Bertz CT molecular complexity index is 1310. The van der Waals surface area contributed by atoms with Crippen molar-refractivity contribution in [3.63, 3.8) is 0 Å². The number of fused-ring (bicyclic) bond motifs is 7. The van der Waals surface area contributed by atoms with Gasteiger partial charge in [0.2, 0.25) is 0 Å². The molecule has 0 atom stereocenters. The van der Waals surface area contributed by atoms with E-state index in [1.54, 1.807) is 7.11 Å². The molecule has 0 radical (unpaired) electrons. The normalized spacial score (nSPS) is 11.4. The molecule has 5 aromatic rings. The van der Waals surface area contributed by atoms with Gasteiger partial charge in [-0.1, -0.05) is 11.6 Å². The van der Waals surface area contributed by atoms with Crippen LogP contribution in [0, 0.1) is 6.92 Å². The molecular formula is C23H22IN3O. The molecule has 3 heterocycles. The van der Waals surface area contributed by atoms with Crippen molar-refractivity contribution in [1.29, 1.82) is 0 Å². The Kier molecular flexibility index (Phi) is 5.12. The second-order valence-electron chi connectivity index (χ2n) is 7.04. The molecule has 28 heavy (non-hydrogen) atoms. The highest BCUT2D eigenvalue weighted by molar-refractivity contribution is 5.88. The van der Waals surface area contributed by atoms with Gasteiger partial charge in [-0.15, -0.1) is 0 Å². The molecule has 5 heteroatoms. The molecule has 0 amide bonds. The van der Waals surface area contributed by atoms with Crippen molar-refractivity contribution in [1.82, 2.24) is 4.40 Å². The van der Waals surface area contributed by atoms with Crippen molar-refractivity contribution in [3.05, 3.63) is 72.4 Å². The van der Waals surface area contributed by atoms with E-state index < -0.39 is 0 Å². The zero-order valence-corrected chi connectivity index (χ0v) is 18.1. The van der Waals surface area contributed by atoms with Gasteiger partial charge in [-0.2, -0.15) is 8.80 Å². The topological polar surface area (TPSA) is 29.8 Å². The fourth-order valence-electron chi connectivity index (χ4n) is 3.89. The smallest absolute Gasteiger partial charge is 0.292 e. The molecular weight excluding hydrogens is 461 g/mol. The van der Waals surface area contributed by atoms with Crippen molar-refractivity contribution in [2.45, 2.75) is 6.92 Å². The average molecular weight is 483 g/mol. The summed E-state index contributed by atoms with van der Waals surface area (Å²) < 4.78 is 9.73. The second-order valence-corrected chi connectivity index (χ2v) is 7.04. The molecule has 0 aliphatic rings. The van der Waals surface area contributed by atoms with E-state index in [0.29, 0.717) is 6.61 Å². The largest absolute Gasteiger partial charge is 1.00 e. The molecule has 0 fully saturated rings. The van der Waals surface area contributed by atoms with Crippen LogP contribution in [0.4, 0.5) is 5.69 Å². The molecule has 5 rings (SSSR count). The summed E-state index contributed by atoms with van der Waals surface area (Å²) >= 11 is 0. The number of nitrogens with zero attached hydrogens (tertiary/aromatic N) is 2. The lowest BCUT2D eigenvalue weighted by Gasteiger charge is -2.06. The minimum atomic E-state index is 0. The lowest BCUT2D eigenvalue weighted by molar-refractivity contribution is -0.479. The Morgan fingerprint density at radius 2 is 1.82 bits per heavy atom. The molecule has 0 unspecified atom stereocenters. The number of hydrogen-bond acceptors (Lipinski definition) is 2. The number of anilines is 1. The maximum atomic E-state index is 5.12.